The molecule has 0 bridgehead atoms. The molecule has 0 spiro atoms. The monoisotopic (exact) mass is 277 g/mol. The molecule has 0 radical (unpaired) electrons. The van der Waals surface area contributed by atoms with Crippen LogP contribution in [0.15, 0.2) is 0 Å². The van der Waals surface area contributed by atoms with E-state index < -0.39 is 0 Å². The van der Waals surface area contributed by atoms with E-state index in [2.05, 4.69) is 21.6 Å². The van der Waals surface area contributed by atoms with Gasteiger partial charge >= 0.3 is 0 Å². The quantitative estimate of drug-likeness (QED) is 0.783. The highest BCUT2D eigenvalue weighted by atomic mass is 15.4. The van der Waals surface area contributed by atoms with Crippen molar-refractivity contribution in [2.75, 3.05) is 32.7 Å². The first-order valence-corrected chi connectivity index (χ1v) is 9.09. The van der Waals surface area contributed by atoms with Gasteiger partial charge in [0.1, 0.15) is 0 Å². The first-order valence-electron chi connectivity index (χ1n) is 9.09. The van der Waals surface area contributed by atoms with Crippen LogP contribution in [-0.4, -0.2) is 71.6 Å². The lowest BCUT2D eigenvalue weighted by Gasteiger charge is -2.50. The van der Waals surface area contributed by atoms with Gasteiger partial charge in [0, 0.05) is 50.3 Å². The smallest absolute Gasteiger partial charge is 0.0239 e. The molecule has 0 N–H and O–H groups in total. The largest absolute Gasteiger partial charge is 0.299 e. The summed E-state index contributed by atoms with van der Waals surface area (Å²) in [5.41, 5.74) is 0. The number of likely N-dealkylation sites (tertiary alicyclic amines) is 1. The molecule has 3 unspecified atom stereocenters. The van der Waals surface area contributed by atoms with Crippen LogP contribution in [0.1, 0.15) is 51.9 Å². The van der Waals surface area contributed by atoms with Crippen LogP contribution in [0, 0.1) is 0 Å². The van der Waals surface area contributed by atoms with Crippen molar-refractivity contribution in [2.24, 2.45) is 0 Å². The maximum absolute atomic E-state index is 2.93. The van der Waals surface area contributed by atoms with Crippen LogP contribution in [0.3, 0.4) is 0 Å². The zero-order chi connectivity index (χ0) is 13.5. The summed E-state index contributed by atoms with van der Waals surface area (Å²) in [7, 11) is 0. The summed E-state index contributed by atoms with van der Waals surface area (Å²) in [6.07, 6.45) is 10.1. The number of hydrogen-bond donors (Lipinski definition) is 0. The normalized spacial score (nSPS) is 41.0. The van der Waals surface area contributed by atoms with E-state index in [1.54, 1.807) is 0 Å². The number of piperidine rings is 1. The second-order valence-electron chi connectivity index (χ2n) is 7.57. The highest BCUT2D eigenvalue weighted by Gasteiger charge is 2.41. The SMILES string of the molecule is CCC1CN2CCCCC2CN1C1CCN(C2CC2)C1. The van der Waals surface area contributed by atoms with Crippen molar-refractivity contribution >= 4 is 0 Å². The summed E-state index contributed by atoms with van der Waals surface area (Å²) < 4.78 is 0. The van der Waals surface area contributed by atoms with Gasteiger partial charge in [-0.1, -0.05) is 13.3 Å². The third-order valence-corrected chi connectivity index (χ3v) is 6.28. The molecule has 4 rings (SSSR count). The summed E-state index contributed by atoms with van der Waals surface area (Å²) in [4.78, 5) is 8.52. The van der Waals surface area contributed by atoms with Crippen molar-refractivity contribution in [1.29, 1.82) is 0 Å². The van der Waals surface area contributed by atoms with Crippen molar-refractivity contribution in [2.45, 2.75) is 76.0 Å². The van der Waals surface area contributed by atoms with Crippen LogP contribution in [-0.2, 0) is 0 Å². The van der Waals surface area contributed by atoms with Crippen LogP contribution >= 0.6 is 0 Å². The van der Waals surface area contributed by atoms with E-state index in [1.165, 1.54) is 77.7 Å². The standard InChI is InChI=1S/C17H31N3/c1-2-14-11-18-9-4-3-5-16(18)13-20(14)17-8-10-19(12-17)15-6-7-15/h14-17H,2-13H2,1H3. The first-order chi connectivity index (χ1) is 9.85. The highest BCUT2D eigenvalue weighted by molar-refractivity contribution is 4.98. The Morgan fingerprint density at radius 2 is 1.60 bits per heavy atom. The van der Waals surface area contributed by atoms with Gasteiger partial charge in [-0.15, -0.1) is 0 Å². The minimum Gasteiger partial charge on any atom is -0.299 e. The molecule has 3 heterocycles. The highest BCUT2D eigenvalue weighted by Crippen LogP contribution is 2.34. The predicted octanol–water partition coefficient (Wildman–Crippen LogP) is 2.17. The lowest BCUT2D eigenvalue weighted by Crippen LogP contribution is -2.62. The van der Waals surface area contributed by atoms with Gasteiger partial charge in [0.15, 0.2) is 0 Å². The molecule has 4 aliphatic rings. The molecule has 3 nitrogen and oxygen atoms in total. The Morgan fingerprint density at radius 1 is 0.750 bits per heavy atom. The Balaban J connectivity index is 1.42. The molecule has 1 saturated carbocycles. The van der Waals surface area contributed by atoms with E-state index in [0.717, 1.165) is 24.2 Å². The van der Waals surface area contributed by atoms with Crippen LogP contribution < -0.4 is 0 Å². The van der Waals surface area contributed by atoms with E-state index in [1.807, 2.05) is 0 Å². The maximum Gasteiger partial charge on any atom is 0.0239 e. The average molecular weight is 277 g/mol. The molecular weight excluding hydrogens is 246 g/mol. The Labute approximate surface area is 124 Å². The summed E-state index contributed by atoms with van der Waals surface area (Å²) >= 11 is 0. The van der Waals surface area contributed by atoms with Gasteiger partial charge in [-0.25, -0.2) is 0 Å². The molecule has 0 amide bonds. The van der Waals surface area contributed by atoms with Crippen molar-refractivity contribution in [1.82, 2.24) is 14.7 Å². The Kier molecular flexibility index (Phi) is 3.78. The van der Waals surface area contributed by atoms with Crippen molar-refractivity contribution in [3.63, 3.8) is 0 Å². The fraction of sp³-hybridized carbons (Fsp3) is 1.00. The molecule has 20 heavy (non-hydrogen) atoms. The summed E-state index contributed by atoms with van der Waals surface area (Å²) in [5, 5.41) is 0. The number of fused-ring (bicyclic) bond motifs is 1. The van der Waals surface area contributed by atoms with Crippen molar-refractivity contribution < 1.29 is 0 Å². The lowest BCUT2D eigenvalue weighted by molar-refractivity contribution is -0.0134. The molecule has 0 aromatic rings. The second kappa shape index (κ2) is 5.58. The van der Waals surface area contributed by atoms with E-state index in [9.17, 15) is 0 Å². The fourth-order valence-electron chi connectivity index (χ4n) is 4.90. The fourth-order valence-corrected chi connectivity index (χ4v) is 4.90. The molecule has 0 aromatic heterocycles. The van der Waals surface area contributed by atoms with E-state index in [4.69, 9.17) is 0 Å². The second-order valence-corrected chi connectivity index (χ2v) is 7.57. The topological polar surface area (TPSA) is 9.72 Å². The van der Waals surface area contributed by atoms with E-state index >= 15 is 0 Å². The van der Waals surface area contributed by atoms with Gasteiger partial charge in [0.25, 0.3) is 0 Å². The molecule has 3 atom stereocenters. The molecule has 0 aromatic carbocycles. The molecule has 1 aliphatic carbocycles. The van der Waals surface area contributed by atoms with Gasteiger partial charge < -0.3 is 0 Å². The summed E-state index contributed by atoms with van der Waals surface area (Å²) in [5.74, 6) is 0. The first kappa shape index (κ1) is 13.5. The number of piperazine rings is 1. The molecule has 3 saturated heterocycles. The third-order valence-electron chi connectivity index (χ3n) is 6.28. The van der Waals surface area contributed by atoms with Crippen molar-refractivity contribution in [3.8, 4) is 0 Å². The minimum atomic E-state index is 0.827. The average Bonchev–Trinajstić information content (AvgIpc) is 3.23. The van der Waals surface area contributed by atoms with Crippen LogP contribution in [0.5, 0.6) is 0 Å². The molecule has 114 valence electrons. The van der Waals surface area contributed by atoms with Gasteiger partial charge in [-0.3, -0.25) is 14.7 Å². The van der Waals surface area contributed by atoms with Crippen LogP contribution in [0.4, 0.5) is 0 Å². The van der Waals surface area contributed by atoms with E-state index in [-0.39, 0.29) is 0 Å². The molecule has 3 aliphatic heterocycles. The zero-order valence-corrected chi connectivity index (χ0v) is 13.1. The van der Waals surface area contributed by atoms with E-state index in [0.29, 0.717) is 0 Å². The summed E-state index contributed by atoms with van der Waals surface area (Å²) in [6.45, 7) is 9.22. The van der Waals surface area contributed by atoms with Crippen LogP contribution in [0.25, 0.3) is 0 Å². The molecular formula is C17H31N3. The lowest BCUT2D eigenvalue weighted by atomic mass is 9.94. The predicted molar refractivity (Wildman–Crippen MR) is 83.0 cm³/mol. The molecule has 3 heteroatoms. The van der Waals surface area contributed by atoms with Crippen molar-refractivity contribution in [3.05, 3.63) is 0 Å². The molecule has 4 fully saturated rings. The zero-order valence-electron chi connectivity index (χ0n) is 13.1. The van der Waals surface area contributed by atoms with Gasteiger partial charge in [0.2, 0.25) is 0 Å². The number of hydrogen-bond acceptors (Lipinski definition) is 3. The Bertz CT molecular complexity index is 341. The van der Waals surface area contributed by atoms with Gasteiger partial charge in [-0.2, -0.15) is 0 Å². The summed E-state index contributed by atoms with van der Waals surface area (Å²) in [6, 6.07) is 3.54. The maximum atomic E-state index is 2.93. The van der Waals surface area contributed by atoms with Gasteiger partial charge in [0.05, 0.1) is 0 Å². The minimum absolute atomic E-state index is 0.827. The third kappa shape index (κ3) is 2.53. The number of nitrogens with zero attached hydrogens (tertiary/aromatic N) is 3. The Hall–Kier alpha value is -0.120. The number of rotatable bonds is 3. The van der Waals surface area contributed by atoms with Crippen LogP contribution in [0.2, 0.25) is 0 Å². The van der Waals surface area contributed by atoms with Gasteiger partial charge in [-0.05, 0) is 45.1 Å². The Morgan fingerprint density at radius 3 is 2.40 bits per heavy atom.